The van der Waals surface area contributed by atoms with E-state index in [1.807, 2.05) is 13.8 Å². The summed E-state index contributed by atoms with van der Waals surface area (Å²) in [5.74, 6) is 0. The molecule has 1 aliphatic rings. The van der Waals surface area contributed by atoms with Gasteiger partial charge in [0.25, 0.3) is 0 Å². The Morgan fingerprint density at radius 2 is 2.00 bits per heavy atom. The van der Waals surface area contributed by atoms with Crippen LogP contribution in [0.1, 0.15) is 13.8 Å². The zero-order chi connectivity index (χ0) is 9.14. The van der Waals surface area contributed by atoms with E-state index in [4.69, 9.17) is 14.3 Å². The third kappa shape index (κ3) is 1.95. The molecule has 3 atom stereocenters. The van der Waals surface area contributed by atoms with Crippen molar-refractivity contribution in [1.82, 2.24) is 5.06 Å². The number of hydroxylamine groups is 2. The fraction of sp³-hybridized carbons (Fsp3) is 1.00. The van der Waals surface area contributed by atoms with E-state index in [0.29, 0.717) is 0 Å². The molecule has 0 radical (unpaired) electrons. The number of morpholine rings is 1. The van der Waals surface area contributed by atoms with Crippen LogP contribution in [0.3, 0.4) is 0 Å². The van der Waals surface area contributed by atoms with E-state index in [1.54, 1.807) is 19.3 Å². The van der Waals surface area contributed by atoms with Crippen LogP contribution in [-0.2, 0) is 14.3 Å². The van der Waals surface area contributed by atoms with Gasteiger partial charge in [0.1, 0.15) is 0 Å². The molecular formula is C8H17NO3. The molecule has 1 fully saturated rings. The maximum Gasteiger partial charge on any atom is 0.158 e. The minimum atomic E-state index is -0.0915. The molecule has 0 aromatic carbocycles. The predicted octanol–water partition coefficient (Wildman–Crippen LogP) is 0.629. The van der Waals surface area contributed by atoms with E-state index in [0.717, 1.165) is 6.54 Å². The molecule has 1 aliphatic heterocycles. The molecule has 0 saturated carbocycles. The lowest BCUT2D eigenvalue weighted by Gasteiger charge is -2.39. The third-order valence-corrected chi connectivity index (χ3v) is 2.05. The summed E-state index contributed by atoms with van der Waals surface area (Å²) in [6.07, 6.45) is 0.163. The molecule has 1 rings (SSSR count). The van der Waals surface area contributed by atoms with Gasteiger partial charge in [0.15, 0.2) is 6.23 Å². The molecule has 72 valence electrons. The minimum absolute atomic E-state index is 0.0544. The number of hydrogen-bond acceptors (Lipinski definition) is 4. The lowest BCUT2D eigenvalue weighted by atomic mass is 10.2. The highest BCUT2D eigenvalue weighted by Crippen LogP contribution is 2.17. The van der Waals surface area contributed by atoms with Gasteiger partial charge in [-0.15, -0.1) is 0 Å². The zero-order valence-electron chi connectivity index (χ0n) is 8.11. The largest absolute Gasteiger partial charge is 0.370 e. The lowest BCUT2D eigenvalue weighted by Crippen LogP contribution is -2.53. The second-order valence-corrected chi connectivity index (χ2v) is 3.06. The van der Waals surface area contributed by atoms with Crippen LogP contribution in [0.25, 0.3) is 0 Å². The number of nitrogens with zero attached hydrogens (tertiary/aromatic N) is 1. The fourth-order valence-electron chi connectivity index (χ4n) is 1.56. The summed E-state index contributed by atoms with van der Waals surface area (Å²) >= 11 is 0. The Labute approximate surface area is 73.3 Å². The summed E-state index contributed by atoms with van der Waals surface area (Å²) in [5.41, 5.74) is 0. The molecule has 12 heavy (non-hydrogen) atoms. The van der Waals surface area contributed by atoms with Crippen molar-refractivity contribution in [2.24, 2.45) is 0 Å². The van der Waals surface area contributed by atoms with Crippen LogP contribution in [0.15, 0.2) is 0 Å². The van der Waals surface area contributed by atoms with Crippen LogP contribution in [-0.4, -0.2) is 44.3 Å². The molecule has 1 unspecified atom stereocenters. The smallest absolute Gasteiger partial charge is 0.158 e. The first-order valence-corrected chi connectivity index (χ1v) is 4.18. The minimum Gasteiger partial charge on any atom is -0.370 e. The second kappa shape index (κ2) is 4.18. The van der Waals surface area contributed by atoms with E-state index in [1.165, 1.54) is 0 Å². The monoisotopic (exact) mass is 175 g/mol. The van der Waals surface area contributed by atoms with Gasteiger partial charge in [-0.25, -0.2) is 0 Å². The summed E-state index contributed by atoms with van der Waals surface area (Å²) < 4.78 is 10.8. The number of ether oxygens (including phenoxy) is 2. The highest BCUT2D eigenvalue weighted by Gasteiger charge is 2.32. The summed E-state index contributed by atoms with van der Waals surface area (Å²) in [4.78, 5) is 5.16. The maximum absolute atomic E-state index is 5.58. The highest BCUT2D eigenvalue weighted by atomic mass is 16.7. The average Bonchev–Trinajstić information content (AvgIpc) is 2.03. The molecule has 0 N–H and O–H groups in total. The molecule has 4 nitrogen and oxygen atoms in total. The van der Waals surface area contributed by atoms with Crippen LogP contribution in [0.5, 0.6) is 0 Å². The first kappa shape index (κ1) is 9.92. The SMILES string of the molecule is CO[C@H]1[C@@H](C)OC(C)CN1OC. The first-order valence-electron chi connectivity index (χ1n) is 4.18. The van der Waals surface area contributed by atoms with Crippen LogP contribution in [0, 0.1) is 0 Å². The van der Waals surface area contributed by atoms with Gasteiger partial charge in [-0.05, 0) is 13.8 Å². The third-order valence-electron chi connectivity index (χ3n) is 2.05. The van der Waals surface area contributed by atoms with Crippen LogP contribution in [0.2, 0.25) is 0 Å². The van der Waals surface area contributed by atoms with E-state index in [-0.39, 0.29) is 18.4 Å². The highest BCUT2D eigenvalue weighted by molar-refractivity contribution is 4.72. The Morgan fingerprint density at radius 3 is 2.50 bits per heavy atom. The van der Waals surface area contributed by atoms with Crippen molar-refractivity contribution in [1.29, 1.82) is 0 Å². The van der Waals surface area contributed by atoms with E-state index in [9.17, 15) is 0 Å². The predicted molar refractivity (Wildman–Crippen MR) is 44.5 cm³/mol. The zero-order valence-corrected chi connectivity index (χ0v) is 8.11. The van der Waals surface area contributed by atoms with Gasteiger partial charge >= 0.3 is 0 Å². The Kier molecular flexibility index (Phi) is 3.46. The summed E-state index contributed by atoms with van der Waals surface area (Å²) in [6, 6.07) is 0. The van der Waals surface area contributed by atoms with Gasteiger partial charge in [0.2, 0.25) is 0 Å². The van der Waals surface area contributed by atoms with Gasteiger partial charge < -0.3 is 9.47 Å². The second-order valence-electron chi connectivity index (χ2n) is 3.06. The molecule has 0 amide bonds. The molecule has 0 aliphatic carbocycles. The molecule has 4 heteroatoms. The number of hydrogen-bond donors (Lipinski definition) is 0. The van der Waals surface area contributed by atoms with E-state index >= 15 is 0 Å². The summed E-state index contributed by atoms with van der Waals surface area (Å²) in [5, 5.41) is 1.80. The molecule has 0 bridgehead atoms. The van der Waals surface area contributed by atoms with Crippen molar-refractivity contribution in [3.63, 3.8) is 0 Å². The number of rotatable bonds is 2. The molecule has 0 spiro atoms. The van der Waals surface area contributed by atoms with Crippen molar-refractivity contribution >= 4 is 0 Å². The van der Waals surface area contributed by atoms with Crippen LogP contribution < -0.4 is 0 Å². The van der Waals surface area contributed by atoms with Crippen molar-refractivity contribution < 1.29 is 14.3 Å². The first-order chi connectivity index (χ1) is 5.69. The van der Waals surface area contributed by atoms with Gasteiger partial charge in [-0.2, -0.15) is 5.06 Å². The Balaban J connectivity index is 2.56. The van der Waals surface area contributed by atoms with Gasteiger partial charge in [-0.1, -0.05) is 0 Å². The molecule has 0 aromatic heterocycles. The molecule has 1 heterocycles. The summed E-state index contributed by atoms with van der Waals surface area (Å²) in [7, 11) is 3.31. The van der Waals surface area contributed by atoms with E-state index in [2.05, 4.69) is 0 Å². The Morgan fingerprint density at radius 1 is 1.33 bits per heavy atom. The van der Waals surface area contributed by atoms with Gasteiger partial charge in [0, 0.05) is 7.11 Å². The quantitative estimate of drug-likeness (QED) is 0.616. The van der Waals surface area contributed by atoms with E-state index < -0.39 is 0 Å². The lowest BCUT2D eigenvalue weighted by molar-refractivity contribution is -0.303. The standard InChI is InChI=1S/C8H17NO3/c1-6-5-9(11-4)8(10-3)7(2)12-6/h6-8H,5H2,1-4H3/t6?,7-,8+/m1/s1. The maximum atomic E-state index is 5.58. The summed E-state index contributed by atoms with van der Waals surface area (Å²) in [6.45, 7) is 4.75. The van der Waals surface area contributed by atoms with Crippen LogP contribution >= 0.6 is 0 Å². The molecular weight excluding hydrogens is 158 g/mol. The Hall–Kier alpha value is -0.160. The molecule has 0 aromatic rings. The average molecular weight is 175 g/mol. The van der Waals surface area contributed by atoms with Crippen molar-refractivity contribution in [3.8, 4) is 0 Å². The van der Waals surface area contributed by atoms with Crippen molar-refractivity contribution in [2.45, 2.75) is 32.3 Å². The van der Waals surface area contributed by atoms with Crippen molar-refractivity contribution in [2.75, 3.05) is 20.8 Å². The topological polar surface area (TPSA) is 30.9 Å². The molecule has 1 saturated heterocycles. The van der Waals surface area contributed by atoms with Crippen molar-refractivity contribution in [3.05, 3.63) is 0 Å². The Bertz CT molecular complexity index is 142. The normalized spacial score (nSPS) is 38.5. The van der Waals surface area contributed by atoms with Gasteiger partial charge in [0.05, 0.1) is 25.9 Å². The van der Waals surface area contributed by atoms with Crippen LogP contribution in [0.4, 0.5) is 0 Å². The number of methoxy groups -OCH3 is 1. The fourth-order valence-corrected chi connectivity index (χ4v) is 1.56. The van der Waals surface area contributed by atoms with Gasteiger partial charge in [-0.3, -0.25) is 4.84 Å².